The molecule has 0 aliphatic heterocycles. The molecule has 1 rings (SSSR count). The van der Waals surface area contributed by atoms with Crippen LogP contribution in [-0.2, 0) is 0 Å². The summed E-state index contributed by atoms with van der Waals surface area (Å²) in [7, 11) is 0. The fourth-order valence-corrected chi connectivity index (χ4v) is 0.808. The summed E-state index contributed by atoms with van der Waals surface area (Å²) in [5.41, 5.74) is 1.89. The first-order valence-corrected chi connectivity index (χ1v) is 3.31. The Balaban J connectivity index is 3.33. The predicted molar refractivity (Wildman–Crippen MR) is 40.2 cm³/mol. The van der Waals surface area contributed by atoms with E-state index in [0.717, 1.165) is 0 Å². The van der Waals surface area contributed by atoms with Gasteiger partial charge in [0.2, 0.25) is 5.82 Å². The van der Waals surface area contributed by atoms with Crippen molar-refractivity contribution in [3.8, 4) is 0 Å². The van der Waals surface area contributed by atoms with Crippen molar-refractivity contribution < 1.29 is 18.1 Å². The van der Waals surface area contributed by atoms with E-state index in [-0.39, 0.29) is 0 Å². The summed E-state index contributed by atoms with van der Waals surface area (Å²) >= 11 is 0. The van der Waals surface area contributed by atoms with Crippen molar-refractivity contribution >= 4 is 11.4 Å². The maximum atomic E-state index is 12.9. The number of nitrogen functional groups attached to an aromatic ring is 1. The number of nitro groups is 1. The van der Waals surface area contributed by atoms with Gasteiger partial charge in [-0.3, -0.25) is 10.1 Å². The molecule has 0 fully saturated rings. The molecule has 0 radical (unpaired) electrons. The van der Waals surface area contributed by atoms with Gasteiger partial charge >= 0.3 is 5.69 Å². The van der Waals surface area contributed by atoms with Crippen LogP contribution in [0.2, 0.25) is 0 Å². The average Bonchev–Trinajstić information content (AvgIpc) is 2.08. The second kappa shape index (κ2) is 3.48. The summed E-state index contributed by atoms with van der Waals surface area (Å²) in [5.74, 6) is -1.49. The van der Waals surface area contributed by atoms with Gasteiger partial charge in [-0.2, -0.15) is 4.39 Å². The van der Waals surface area contributed by atoms with Crippen molar-refractivity contribution in [1.82, 2.24) is 4.98 Å². The summed E-state index contributed by atoms with van der Waals surface area (Å²) in [6.07, 6.45) is -2.65. The van der Waals surface area contributed by atoms with Gasteiger partial charge in [-0.15, -0.1) is 0 Å². The van der Waals surface area contributed by atoms with Crippen molar-refractivity contribution in [1.29, 1.82) is 0 Å². The Morgan fingerprint density at radius 3 is 2.57 bits per heavy atom. The molecule has 2 N–H and O–H groups in total. The SMILES string of the molecule is Nc1c(C(F)F)ncc([N+](=O)[O-])c1F. The standard InChI is InChI=1S/C6H4F3N3O2/c7-3-2(12(13)14)1-11-5(4(3)10)6(8)9/h1,6H,10H2. The average molecular weight is 207 g/mol. The van der Waals surface area contributed by atoms with Gasteiger partial charge in [0.15, 0.2) is 0 Å². The lowest BCUT2D eigenvalue weighted by Gasteiger charge is -2.03. The molecule has 0 saturated heterocycles. The molecular weight excluding hydrogens is 203 g/mol. The van der Waals surface area contributed by atoms with Crippen LogP contribution in [0.1, 0.15) is 12.1 Å². The maximum Gasteiger partial charge on any atom is 0.325 e. The topological polar surface area (TPSA) is 82.0 Å². The van der Waals surface area contributed by atoms with Crippen LogP contribution in [0.15, 0.2) is 6.20 Å². The Labute approximate surface area is 75.5 Å². The minimum absolute atomic E-state index is 0.410. The molecule has 0 aromatic carbocycles. The van der Waals surface area contributed by atoms with Crippen LogP contribution < -0.4 is 5.73 Å². The maximum absolute atomic E-state index is 12.9. The molecule has 0 amide bonds. The largest absolute Gasteiger partial charge is 0.394 e. The van der Waals surface area contributed by atoms with E-state index in [1.54, 1.807) is 0 Å². The molecule has 1 heterocycles. The molecular formula is C6H4F3N3O2. The van der Waals surface area contributed by atoms with Gasteiger partial charge in [0.05, 0.1) is 4.92 Å². The minimum atomic E-state index is -3.06. The van der Waals surface area contributed by atoms with Gasteiger partial charge in [0, 0.05) is 0 Å². The summed E-state index contributed by atoms with van der Waals surface area (Å²) in [4.78, 5) is 12.1. The van der Waals surface area contributed by atoms with Crippen LogP contribution >= 0.6 is 0 Å². The van der Waals surface area contributed by atoms with E-state index < -0.39 is 34.2 Å². The molecule has 5 nitrogen and oxygen atoms in total. The third-order valence-corrected chi connectivity index (χ3v) is 1.47. The quantitative estimate of drug-likeness (QED) is 0.590. The molecule has 0 atom stereocenters. The van der Waals surface area contributed by atoms with Crippen LogP contribution in [0.3, 0.4) is 0 Å². The smallest absolute Gasteiger partial charge is 0.325 e. The second-order valence-electron chi connectivity index (χ2n) is 2.31. The number of nitrogens with zero attached hydrogens (tertiary/aromatic N) is 2. The van der Waals surface area contributed by atoms with Crippen LogP contribution in [-0.4, -0.2) is 9.91 Å². The number of anilines is 1. The van der Waals surface area contributed by atoms with Crippen molar-refractivity contribution in [2.75, 3.05) is 5.73 Å². The lowest BCUT2D eigenvalue weighted by atomic mass is 10.2. The highest BCUT2D eigenvalue weighted by atomic mass is 19.3. The third kappa shape index (κ3) is 1.58. The number of nitrogens with two attached hydrogens (primary N) is 1. The monoisotopic (exact) mass is 207 g/mol. The molecule has 14 heavy (non-hydrogen) atoms. The fraction of sp³-hybridized carbons (Fsp3) is 0.167. The molecule has 0 unspecified atom stereocenters. The van der Waals surface area contributed by atoms with E-state index in [0.29, 0.717) is 6.20 Å². The van der Waals surface area contributed by atoms with Crippen LogP contribution in [0.25, 0.3) is 0 Å². The van der Waals surface area contributed by atoms with Gasteiger partial charge in [-0.25, -0.2) is 13.8 Å². The first-order valence-electron chi connectivity index (χ1n) is 3.31. The van der Waals surface area contributed by atoms with Crippen LogP contribution in [0.5, 0.6) is 0 Å². The fourth-order valence-electron chi connectivity index (χ4n) is 0.808. The summed E-state index contributed by atoms with van der Waals surface area (Å²) in [6.45, 7) is 0. The molecule has 0 spiro atoms. The number of aromatic nitrogens is 1. The molecule has 0 aliphatic carbocycles. The van der Waals surface area contributed by atoms with Crippen molar-refractivity contribution in [2.24, 2.45) is 0 Å². The summed E-state index contributed by atoms with van der Waals surface area (Å²) in [5, 5.41) is 10.1. The van der Waals surface area contributed by atoms with Crippen molar-refractivity contribution in [3.05, 3.63) is 27.8 Å². The number of hydrogen-bond acceptors (Lipinski definition) is 4. The molecule has 1 aromatic rings. The molecule has 0 aliphatic rings. The van der Waals surface area contributed by atoms with E-state index in [2.05, 4.69) is 4.98 Å². The zero-order chi connectivity index (χ0) is 10.9. The van der Waals surface area contributed by atoms with E-state index in [1.165, 1.54) is 0 Å². The molecule has 0 bridgehead atoms. The van der Waals surface area contributed by atoms with Crippen LogP contribution in [0, 0.1) is 15.9 Å². The Morgan fingerprint density at radius 2 is 2.14 bits per heavy atom. The highest BCUT2D eigenvalue weighted by Crippen LogP contribution is 2.29. The number of alkyl halides is 2. The van der Waals surface area contributed by atoms with Gasteiger partial charge in [0.1, 0.15) is 17.6 Å². The van der Waals surface area contributed by atoms with Gasteiger partial charge in [-0.1, -0.05) is 0 Å². The minimum Gasteiger partial charge on any atom is -0.394 e. The number of pyridine rings is 1. The number of halogens is 3. The summed E-state index contributed by atoms with van der Waals surface area (Å²) in [6, 6.07) is 0. The first kappa shape index (κ1) is 10.2. The molecule has 76 valence electrons. The molecule has 1 aromatic heterocycles. The zero-order valence-electron chi connectivity index (χ0n) is 6.58. The lowest BCUT2D eigenvalue weighted by molar-refractivity contribution is -0.387. The number of hydrogen-bond donors (Lipinski definition) is 1. The predicted octanol–water partition coefficient (Wildman–Crippen LogP) is 1.65. The van der Waals surface area contributed by atoms with E-state index in [4.69, 9.17) is 5.73 Å². The van der Waals surface area contributed by atoms with Gasteiger partial charge in [0.25, 0.3) is 6.43 Å². The zero-order valence-corrected chi connectivity index (χ0v) is 6.58. The normalized spacial score (nSPS) is 10.6. The van der Waals surface area contributed by atoms with Crippen LogP contribution in [0.4, 0.5) is 24.5 Å². The Kier molecular flexibility index (Phi) is 2.54. The highest BCUT2D eigenvalue weighted by molar-refractivity contribution is 5.52. The van der Waals surface area contributed by atoms with Gasteiger partial charge in [-0.05, 0) is 0 Å². The Hall–Kier alpha value is -1.86. The van der Waals surface area contributed by atoms with Gasteiger partial charge < -0.3 is 5.73 Å². The molecule has 0 saturated carbocycles. The van der Waals surface area contributed by atoms with E-state index in [9.17, 15) is 23.3 Å². The van der Waals surface area contributed by atoms with Crippen molar-refractivity contribution in [3.63, 3.8) is 0 Å². The first-order chi connectivity index (χ1) is 6.45. The molecule has 8 heteroatoms. The Bertz CT molecular complexity index is 383. The van der Waals surface area contributed by atoms with E-state index >= 15 is 0 Å². The Morgan fingerprint density at radius 1 is 1.57 bits per heavy atom. The second-order valence-corrected chi connectivity index (χ2v) is 2.31. The third-order valence-electron chi connectivity index (χ3n) is 1.47. The highest BCUT2D eigenvalue weighted by Gasteiger charge is 2.24. The summed E-state index contributed by atoms with van der Waals surface area (Å²) < 4.78 is 37.1. The lowest BCUT2D eigenvalue weighted by Crippen LogP contribution is -2.05. The van der Waals surface area contributed by atoms with Crippen molar-refractivity contribution in [2.45, 2.75) is 6.43 Å². The van der Waals surface area contributed by atoms with E-state index in [1.807, 2.05) is 0 Å². The number of rotatable bonds is 2.